The van der Waals surface area contributed by atoms with Gasteiger partial charge in [-0.15, -0.1) is 0 Å². The van der Waals surface area contributed by atoms with Gasteiger partial charge in [0.25, 0.3) is 0 Å². The summed E-state index contributed by atoms with van der Waals surface area (Å²) in [5, 5.41) is 8.80. The molecule has 0 saturated carbocycles. The molecular formula is C10H11NO2S. The summed E-state index contributed by atoms with van der Waals surface area (Å²) in [4.78, 5) is 10.7. The largest absolute Gasteiger partial charge is 0.478 e. The van der Waals surface area contributed by atoms with E-state index in [1.807, 2.05) is 6.08 Å². The van der Waals surface area contributed by atoms with Gasteiger partial charge < -0.3 is 10.8 Å². The van der Waals surface area contributed by atoms with Crippen LogP contribution in [0, 0.1) is 0 Å². The quantitative estimate of drug-likeness (QED) is 0.526. The number of rotatable bonds is 3. The number of carboxylic acids is 1. The van der Waals surface area contributed by atoms with Crippen LogP contribution in [0.4, 0.5) is 5.69 Å². The van der Waals surface area contributed by atoms with Gasteiger partial charge in [0.05, 0.1) is 5.56 Å². The number of hydrogen-bond acceptors (Lipinski definition) is 3. The van der Waals surface area contributed by atoms with Crippen LogP contribution in [0.5, 0.6) is 0 Å². The number of thiol groups is 1. The highest BCUT2D eigenvalue weighted by molar-refractivity contribution is 7.80. The Balaban J connectivity index is 3.06. The third-order valence-electron chi connectivity index (χ3n) is 1.72. The van der Waals surface area contributed by atoms with Crippen molar-refractivity contribution < 1.29 is 9.90 Å². The second kappa shape index (κ2) is 4.72. The van der Waals surface area contributed by atoms with E-state index in [2.05, 4.69) is 12.6 Å². The van der Waals surface area contributed by atoms with Crippen molar-refractivity contribution in [3.05, 3.63) is 35.4 Å². The predicted octanol–water partition coefficient (Wildman–Crippen LogP) is 1.91. The van der Waals surface area contributed by atoms with Crippen LogP contribution in [-0.4, -0.2) is 16.8 Å². The normalized spacial score (nSPS) is 10.6. The third-order valence-corrected chi connectivity index (χ3v) is 1.93. The highest BCUT2D eigenvalue weighted by Gasteiger charge is 2.06. The van der Waals surface area contributed by atoms with E-state index >= 15 is 0 Å². The number of carbonyl (C=O) groups is 1. The van der Waals surface area contributed by atoms with E-state index < -0.39 is 5.97 Å². The van der Waals surface area contributed by atoms with Gasteiger partial charge in [0.15, 0.2) is 0 Å². The van der Waals surface area contributed by atoms with Crippen molar-refractivity contribution in [1.82, 2.24) is 0 Å². The van der Waals surface area contributed by atoms with Crippen LogP contribution in [-0.2, 0) is 0 Å². The van der Waals surface area contributed by atoms with Crippen LogP contribution in [0.1, 0.15) is 15.9 Å². The second-order valence-electron chi connectivity index (χ2n) is 2.74. The van der Waals surface area contributed by atoms with E-state index in [-0.39, 0.29) is 11.3 Å². The molecule has 0 aromatic heterocycles. The molecule has 0 amide bonds. The summed E-state index contributed by atoms with van der Waals surface area (Å²) in [6.45, 7) is 0. The van der Waals surface area contributed by atoms with Crippen LogP contribution >= 0.6 is 12.6 Å². The summed E-state index contributed by atoms with van der Waals surface area (Å²) in [7, 11) is 0. The topological polar surface area (TPSA) is 63.3 Å². The maximum absolute atomic E-state index is 10.7. The molecule has 1 aromatic rings. The lowest BCUT2D eigenvalue weighted by Crippen LogP contribution is -2.02. The molecule has 0 aliphatic heterocycles. The van der Waals surface area contributed by atoms with Crippen molar-refractivity contribution in [2.45, 2.75) is 0 Å². The molecule has 14 heavy (non-hydrogen) atoms. The molecule has 0 fully saturated rings. The summed E-state index contributed by atoms with van der Waals surface area (Å²) in [6, 6.07) is 4.89. The maximum Gasteiger partial charge on any atom is 0.337 e. The first kappa shape index (κ1) is 10.7. The number of nitrogens with two attached hydrogens (primary N) is 1. The van der Waals surface area contributed by atoms with Crippen LogP contribution in [0.3, 0.4) is 0 Å². The number of nitrogen functional groups attached to an aromatic ring is 1. The average Bonchev–Trinajstić information content (AvgIpc) is 2.16. The van der Waals surface area contributed by atoms with E-state index in [0.717, 1.165) is 5.56 Å². The van der Waals surface area contributed by atoms with E-state index in [1.165, 1.54) is 6.07 Å². The van der Waals surface area contributed by atoms with Gasteiger partial charge in [-0.25, -0.2) is 4.79 Å². The van der Waals surface area contributed by atoms with Crippen LogP contribution in [0.2, 0.25) is 0 Å². The molecule has 4 heteroatoms. The fourth-order valence-corrected chi connectivity index (χ4v) is 1.16. The highest BCUT2D eigenvalue weighted by atomic mass is 32.1. The van der Waals surface area contributed by atoms with Crippen molar-refractivity contribution >= 4 is 30.4 Å². The molecule has 0 aliphatic rings. The van der Waals surface area contributed by atoms with Gasteiger partial charge in [-0.2, -0.15) is 12.6 Å². The molecule has 0 bridgehead atoms. The first-order chi connectivity index (χ1) is 6.65. The SMILES string of the molecule is Nc1ccc(C=CCS)cc1C(=O)O. The number of hydrogen-bond donors (Lipinski definition) is 3. The molecule has 0 saturated heterocycles. The van der Waals surface area contributed by atoms with Crippen LogP contribution in [0.25, 0.3) is 6.08 Å². The highest BCUT2D eigenvalue weighted by Crippen LogP contribution is 2.15. The Kier molecular flexibility index (Phi) is 3.59. The van der Waals surface area contributed by atoms with Crippen LogP contribution < -0.4 is 5.73 Å². The Morgan fingerprint density at radius 2 is 2.29 bits per heavy atom. The van der Waals surface area contributed by atoms with Gasteiger partial charge in [0, 0.05) is 11.4 Å². The molecule has 0 unspecified atom stereocenters. The molecule has 74 valence electrons. The van der Waals surface area contributed by atoms with Crippen molar-refractivity contribution in [3.8, 4) is 0 Å². The Morgan fingerprint density at radius 1 is 1.57 bits per heavy atom. The van der Waals surface area contributed by atoms with Gasteiger partial charge in [-0.1, -0.05) is 18.2 Å². The summed E-state index contributed by atoms with van der Waals surface area (Å²) < 4.78 is 0. The zero-order valence-corrected chi connectivity index (χ0v) is 8.37. The number of aromatic carboxylic acids is 1. The van der Waals surface area contributed by atoms with Gasteiger partial charge in [-0.3, -0.25) is 0 Å². The van der Waals surface area contributed by atoms with Gasteiger partial charge in [0.1, 0.15) is 0 Å². The number of carboxylic acid groups (broad SMARTS) is 1. The molecule has 0 aliphatic carbocycles. The Labute approximate surface area is 87.7 Å². The number of anilines is 1. The zero-order chi connectivity index (χ0) is 10.6. The summed E-state index contributed by atoms with van der Waals surface area (Å²) >= 11 is 4.01. The van der Waals surface area contributed by atoms with Gasteiger partial charge in [0.2, 0.25) is 0 Å². The molecule has 3 nitrogen and oxygen atoms in total. The van der Waals surface area contributed by atoms with Gasteiger partial charge in [-0.05, 0) is 17.7 Å². The van der Waals surface area contributed by atoms with E-state index in [0.29, 0.717) is 5.75 Å². The molecule has 1 rings (SSSR count). The first-order valence-corrected chi connectivity index (χ1v) is 4.68. The molecule has 0 atom stereocenters. The molecule has 3 N–H and O–H groups in total. The summed E-state index contributed by atoms with van der Waals surface area (Å²) in [5.74, 6) is -0.393. The fourth-order valence-electron chi connectivity index (χ4n) is 1.05. The van der Waals surface area contributed by atoms with E-state index in [1.54, 1.807) is 18.2 Å². The smallest absolute Gasteiger partial charge is 0.337 e. The predicted molar refractivity (Wildman–Crippen MR) is 60.7 cm³/mol. The lowest BCUT2D eigenvalue weighted by Gasteiger charge is -2.01. The zero-order valence-electron chi connectivity index (χ0n) is 7.47. The Hall–Kier alpha value is -1.42. The Morgan fingerprint density at radius 3 is 2.86 bits per heavy atom. The lowest BCUT2D eigenvalue weighted by atomic mass is 10.1. The third kappa shape index (κ3) is 2.53. The fraction of sp³-hybridized carbons (Fsp3) is 0.100. The molecule has 0 radical (unpaired) electrons. The van der Waals surface area contributed by atoms with Gasteiger partial charge >= 0.3 is 5.97 Å². The standard InChI is InChI=1S/C10H11NO2S/c11-9-4-3-7(2-1-5-14)6-8(9)10(12)13/h1-4,6,14H,5,11H2,(H,12,13). The molecule has 0 spiro atoms. The minimum absolute atomic E-state index is 0.131. The summed E-state index contributed by atoms with van der Waals surface area (Å²) in [6.07, 6.45) is 3.64. The van der Waals surface area contributed by atoms with Crippen molar-refractivity contribution in [2.24, 2.45) is 0 Å². The lowest BCUT2D eigenvalue weighted by molar-refractivity contribution is 0.0698. The minimum atomic E-state index is -1.01. The molecule has 0 heterocycles. The van der Waals surface area contributed by atoms with Crippen molar-refractivity contribution in [1.29, 1.82) is 0 Å². The first-order valence-electron chi connectivity index (χ1n) is 4.05. The Bertz CT molecular complexity index is 374. The molecular weight excluding hydrogens is 198 g/mol. The van der Waals surface area contributed by atoms with Crippen LogP contribution in [0.15, 0.2) is 24.3 Å². The molecule has 1 aromatic carbocycles. The minimum Gasteiger partial charge on any atom is -0.478 e. The second-order valence-corrected chi connectivity index (χ2v) is 3.10. The number of benzene rings is 1. The maximum atomic E-state index is 10.7. The summed E-state index contributed by atoms with van der Waals surface area (Å²) in [5.41, 5.74) is 6.72. The van der Waals surface area contributed by atoms with Crippen molar-refractivity contribution in [3.63, 3.8) is 0 Å². The average molecular weight is 209 g/mol. The van der Waals surface area contributed by atoms with Crippen molar-refractivity contribution in [2.75, 3.05) is 11.5 Å². The van der Waals surface area contributed by atoms with E-state index in [9.17, 15) is 4.79 Å². The van der Waals surface area contributed by atoms with E-state index in [4.69, 9.17) is 10.8 Å². The monoisotopic (exact) mass is 209 g/mol.